The Morgan fingerprint density at radius 2 is 1.21 bits per heavy atom. The van der Waals surface area contributed by atoms with Gasteiger partial charge in [0.2, 0.25) is 0 Å². The summed E-state index contributed by atoms with van der Waals surface area (Å²) in [5.41, 5.74) is 7.37. The maximum Gasteiger partial charge on any atom is 0.150 e. The van der Waals surface area contributed by atoms with Crippen LogP contribution in [0, 0.1) is 6.92 Å². The third-order valence-corrected chi connectivity index (χ3v) is 6.06. The summed E-state index contributed by atoms with van der Waals surface area (Å²) in [6, 6.07) is 41.5. The average Bonchev–Trinajstić information content (AvgIpc) is 2.90. The van der Waals surface area contributed by atoms with E-state index in [1.54, 1.807) is 0 Å². The summed E-state index contributed by atoms with van der Waals surface area (Å²) >= 11 is 0. The minimum absolute atomic E-state index is 0.693. The molecule has 0 saturated heterocycles. The fraction of sp³-hybridized carbons (Fsp3) is 0.0312. The zero-order chi connectivity index (χ0) is 23.3. The summed E-state index contributed by atoms with van der Waals surface area (Å²) in [7, 11) is 0. The van der Waals surface area contributed by atoms with Gasteiger partial charge in [0.15, 0.2) is 6.29 Å². The summed E-state index contributed by atoms with van der Waals surface area (Å²) in [5.74, 6) is 0. The maximum atomic E-state index is 11.7. The first-order valence-electron chi connectivity index (χ1n) is 11.4. The topological polar surface area (TPSA) is 20.3 Å². The molecule has 0 heterocycles. The number of hydrogen-bond donors (Lipinski definition) is 0. The fourth-order valence-electron chi connectivity index (χ4n) is 4.30. The first-order chi connectivity index (χ1) is 16.7. The summed E-state index contributed by atoms with van der Waals surface area (Å²) in [5, 5.41) is 1.98. The van der Waals surface area contributed by atoms with E-state index >= 15 is 0 Å². The average molecular weight is 440 g/mol. The highest BCUT2D eigenvalue weighted by Gasteiger charge is 2.15. The quantitative estimate of drug-likeness (QED) is 0.249. The largest absolute Gasteiger partial charge is 0.316 e. The van der Waals surface area contributed by atoms with Crippen LogP contribution >= 0.6 is 0 Å². The molecule has 0 aliphatic heterocycles. The monoisotopic (exact) mass is 439 g/mol. The van der Waals surface area contributed by atoms with Crippen LogP contribution in [-0.2, 0) is 0 Å². The van der Waals surface area contributed by atoms with E-state index in [2.05, 4.69) is 103 Å². The lowest BCUT2D eigenvalue weighted by atomic mass is 9.98. The van der Waals surface area contributed by atoms with Crippen molar-refractivity contribution in [2.24, 2.45) is 0 Å². The molecular weight excluding hydrogens is 414 g/mol. The highest BCUT2D eigenvalue weighted by atomic mass is 16.1. The second-order valence-electron chi connectivity index (χ2n) is 8.32. The Morgan fingerprint density at radius 3 is 1.82 bits per heavy atom. The van der Waals surface area contributed by atoms with E-state index < -0.39 is 0 Å². The number of rotatable bonds is 6. The predicted octanol–water partition coefficient (Wildman–Crippen LogP) is 8.19. The van der Waals surface area contributed by atoms with Crippen molar-refractivity contribution in [2.75, 3.05) is 4.90 Å². The van der Waals surface area contributed by atoms with Gasteiger partial charge in [0.1, 0.15) is 0 Å². The van der Waals surface area contributed by atoms with E-state index in [9.17, 15) is 4.79 Å². The van der Waals surface area contributed by atoms with Gasteiger partial charge in [-0.2, -0.15) is 0 Å². The van der Waals surface area contributed by atoms with Gasteiger partial charge in [-0.15, -0.1) is 0 Å². The summed E-state index contributed by atoms with van der Waals surface area (Å²) in [6.45, 7) is 2.09. The minimum Gasteiger partial charge on any atom is -0.316 e. The Kier molecular flexibility index (Phi) is 6.05. The zero-order valence-electron chi connectivity index (χ0n) is 19.1. The standard InChI is InChI=1S/C32H25NO/c1-24-18-20-28(21-19-24)33(32-17-9-15-29-27(23-34)14-8-16-30(29)32)22-31(25-10-4-2-5-11-25)26-12-6-3-7-13-26/h2-23H,1H3. The first kappa shape index (κ1) is 21.4. The van der Waals surface area contributed by atoms with Gasteiger partial charge in [-0.1, -0.05) is 109 Å². The molecule has 0 saturated carbocycles. The smallest absolute Gasteiger partial charge is 0.150 e. The predicted molar refractivity (Wildman–Crippen MR) is 143 cm³/mol. The Morgan fingerprint density at radius 1 is 0.618 bits per heavy atom. The minimum atomic E-state index is 0.693. The molecule has 0 aliphatic rings. The normalized spacial score (nSPS) is 10.6. The van der Waals surface area contributed by atoms with E-state index in [1.807, 2.05) is 36.4 Å². The maximum absolute atomic E-state index is 11.7. The Bertz CT molecular complexity index is 1410. The van der Waals surface area contributed by atoms with Crippen LogP contribution in [0.5, 0.6) is 0 Å². The first-order valence-corrected chi connectivity index (χ1v) is 11.4. The fourth-order valence-corrected chi connectivity index (χ4v) is 4.30. The number of nitrogens with zero attached hydrogens (tertiary/aromatic N) is 1. The van der Waals surface area contributed by atoms with Crippen LogP contribution in [0.15, 0.2) is 128 Å². The van der Waals surface area contributed by atoms with E-state index in [4.69, 9.17) is 0 Å². The van der Waals surface area contributed by atoms with Crippen LogP contribution < -0.4 is 4.90 Å². The molecule has 0 atom stereocenters. The van der Waals surface area contributed by atoms with Crippen molar-refractivity contribution in [3.05, 3.63) is 150 Å². The molecule has 0 N–H and O–H groups in total. The summed E-state index contributed by atoms with van der Waals surface area (Å²) < 4.78 is 0. The SMILES string of the molecule is Cc1ccc(N(C=C(c2ccccc2)c2ccccc2)c2cccc3c(C=O)cccc23)cc1. The van der Waals surface area contributed by atoms with Crippen LogP contribution in [0.25, 0.3) is 16.3 Å². The van der Waals surface area contributed by atoms with Crippen LogP contribution in [0.1, 0.15) is 27.0 Å². The second kappa shape index (κ2) is 9.60. The molecule has 2 nitrogen and oxygen atoms in total. The van der Waals surface area contributed by atoms with Crippen molar-refractivity contribution in [3.63, 3.8) is 0 Å². The molecule has 0 amide bonds. The molecule has 164 valence electrons. The van der Waals surface area contributed by atoms with Crippen molar-refractivity contribution in [2.45, 2.75) is 6.92 Å². The molecule has 0 spiro atoms. The highest BCUT2D eigenvalue weighted by molar-refractivity contribution is 6.05. The molecule has 0 aliphatic carbocycles. The van der Waals surface area contributed by atoms with Gasteiger partial charge in [0.25, 0.3) is 0 Å². The van der Waals surface area contributed by atoms with Gasteiger partial charge < -0.3 is 4.90 Å². The van der Waals surface area contributed by atoms with Gasteiger partial charge >= 0.3 is 0 Å². The van der Waals surface area contributed by atoms with Crippen molar-refractivity contribution >= 4 is 34.0 Å². The summed E-state index contributed by atoms with van der Waals surface area (Å²) in [6.07, 6.45) is 3.13. The Labute approximate surface area is 200 Å². The number of benzene rings is 5. The number of hydrogen-bond acceptors (Lipinski definition) is 2. The van der Waals surface area contributed by atoms with Gasteiger partial charge in [0.05, 0.1) is 5.69 Å². The van der Waals surface area contributed by atoms with Crippen molar-refractivity contribution in [1.29, 1.82) is 0 Å². The number of aryl methyl sites for hydroxylation is 1. The van der Waals surface area contributed by atoms with Crippen molar-refractivity contribution in [3.8, 4) is 0 Å². The Hall–Kier alpha value is -4.43. The van der Waals surface area contributed by atoms with Gasteiger partial charge in [-0.25, -0.2) is 0 Å². The van der Waals surface area contributed by atoms with E-state index in [0.717, 1.165) is 45.1 Å². The molecule has 5 aromatic rings. The molecule has 0 aromatic heterocycles. The van der Waals surface area contributed by atoms with Gasteiger partial charge in [-0.3, -0.25) is 4.79 Å². The molecule has 5 rings (SSSR count). The van der Waals surface area contributed by atoms with Crippen LogP contribution in [0.4, 0.5) is 11.4 Å². The molecule has 0 unspecified atom stereocenters. The number of fused-ring (bicyclic) bond motifs is 1. The number of anilines is 2. The number of aldehydes is 1. The van der Waals surface area contributed by atoms with Crippen LogP contribution in [-0.4, -0.2) is 6.29 Å². The molecular formula is C32H25NO. The third-order valence-electron chi connectivity index (χ3n) is 6.06. The molecule has 0 radical (unpaired) electrons. The highest BCUT2D eigenvalue weighted by Crippen LogP contribution is 2.36. The van der Waals surface area contributed by atoms with E-state index in [1.165, 1.54) is 5.56 Å². The van der Waals surface area contributed by atoms with E-state index in [0.29, 0.717) is 5.56 Å². The van der Waals surface area contributed by atoms with Gasteiger partial charge in [0, 0.05) is 28.4 Å². The third kappa shape index (κ3) is 4.26. The molecule has 34 heavy (non-hydrogen) atoms. The lowest BCUT2D eigenvalue weighted by Gasteiger charge is -2.25. The van der Waals surface area contributed by atoms with Crippen molar-refractivity contribution in [1.82, 2.24) is 0 Å². The van der Waals surface area contributed by atoms with Gasteiger partial charge in [-0.05, 0) is 41.6 Å². The molecule has 0 fully saturated rings. The molecule has 2 heteroatoms. The Balaban J connectivity index is 1.79. The summed E-state index contributed by atoms with van der Waals surface area (Å²) in [4.78, 5) is 14.0. The van der Waals surface area contributed by atoms with Crippen LogP contribution in [0.2, 0.25) is 0 Å². The lowest BCUT2D eigenvalue weighted by Crippen LogP contribution is -2.11. The van der Waals surface area contributed by atoms with Crippen LogP contribution in [0.3, 0.4) is 0 Å². The zero-order valence-corrected chi connectivity index (χ0v) is 19.1. The lowest BCUT2D eigenvalue weighted by molar-refractivity contribution is 0.112. The number of carbonyl (C=O) groups is 1. The molecule has 0 bridgehead atoms. The number of carbonyl (C=O) groups excluding carboxylic acids is 1. The second-order valence-corrected chi connectivity index (χ2v) is 8.32. The van der Waals surface area contributed by atoms with Crippen molar-refractivity contribution < 1.29 is 4.79 Å². The molecule has 5 aromatic carbocycles. The van der Waals surface area contributed by atoms with E-state index in [-0.39, 0.29) is 0 Å².